The average molecular weight is 281 g/mol. The van der Waals surface area contributed by atoms with Crippen molar-refractivity contribution < 1.29 is 9.72 Å². The highest BCUT2D eigenvalue weighted by molar-refractivity contribution is 6.35. The smallest absolute Gasteiger partial charge is 0.288 e. The van der Waals surface area contributed by atoms with Crippen molar-refractivity contribution in [2.45, 2.75) is 0 Å². The third-order valence-electron chi connectivity index (χ3n) is 2.39. The first-order valence-electron chi connectivity index (χ1n) is 5.46. The Morgan fingerprint density at radius 2 is 1.95 bits per heavy atom. The molecule has 5 nitrogen and oxygen atoms in total. The van der Waals surface area contributed by atoms with Gasteiger partial charge in [0.2, 0.25) is 0 Å². The molecule has 0 aliphatic heterocycles. The number of amides is 1. The Balaban J connectivity index is 3.17. The van der Waals surface area contributed by atoms with Gasteiger partial charge in [-0.2, -0.15) is 0 Å². The van der Waals surface area contributed by atoms with E-state index in [-0.39, 0.29) is 16.3 Å². The third kappa shape index (κ3) is 3.42. The summed E-state index contributed by atoms with van der Waals surface area (Å²) in [5.74, 6) is -0.395. The second-order valence-electron chi connectivity index (χ2n) is 3.68. The van der Waals surface area contributed by atoms with Crippen molar-refractivity contribution in [2.24, 2.45) is 0 Å². The van der Waals surface area contributed by atoms with Crippen LogP contribution in [0, 0.1) is 10.1 Å². The molecule has 1 aromatic carbocycles. The van der Waals surface area contributed by atoms with Crippen molar-refractivity contribution in [3.63, 3.8) is 0 Å². The summed E-state index contributed by atoms with van der Waals surface area (Å²) in [6, 6.07) is 4.14. The van der Waals surface area contributed by atoms with E-state index in [4.69, 9.17) is 11.6 Å². The van der Waals surface area contributed by atoms with Crippen molar-refractivity contribution in [2.75, 3.05) is 13.1 Å². The molecule has 0 atom stereocenters. The van der Waals surface area contributed by atoms with Crippen molar-refractivity contribution >= 4 is 23.2 Å². The molecule has 0 radical (unpaired) electrons. The lowest BCUT2D eigenvalue weighted by atomic mass is 10.1. The minimum atomic E-state index is -0.621. The molecular weight excluding hydrogens is 268 g/mol. The quantitative estimate of drug-likeness (QED) is 0.457. The minimum absolute atomic E-state index is 0.0968. The van der Waals surface area contributed by atoms with Gasteiger partial charge in [0.15, 0.2) is 0 Å². The van der Waals surface area contributed by atoms with Gasteiger partial charge in [0.25, 0.3) is 11.6 Å². The third-order valence-corrected chi connectivity index (χ3v) is 2.79. The molecule has 1 aromatic rings. The Morgan fingerprint density at radius 3 is 2.42 bits per heavy atom. The van der Waals surface area contributed by atoms with Gasteiger partial charge in [-0.3, -0.25) is 14.9 Å². The monoisotopic (exact) mass is 280 g/mol. The number of rotatable bonds is 6. The fourth-order valence-corrected chi connectivity index (χ4v) is 1.82. The van der Waals surface area contributed by atoms with Crippen LogP contribution in [0.15, 0.2) is 43.5 Å². The van der Waals surface area contributed by atoms with Crippen molar-refractivity contribution in [3.8, 4) is 0 Å². The van der Waals surface area contributed by atoms with Crippen molar-refractivity contribution in [1.29, 1.82) is 0 Å². The zero-order valence-corrected chi connectivity index (χ0v) is 11.0. The van der Waals surface area contributed by atoms with E-state index in [2.05, 4.69) is 13.2 Å². The normalized spacial score (nSPS) is 9.74. The molecule has 6 heteroatoms. The number of hydrogen-bond acceptors (Lipinski definition) is 3. The minimum Gasteiger partial charge on any atom is -0.331 e. The van der Waals surface area contributed by atoms with Crippen LogP contribution in [0.1, 0.15) is 10.4 Å². The van der Waals surface area contributed by atoms with Gasteiger partial charge in [0.05, 0.1) is 10.5 Å². The Morgan fingerprint density at radius 1 is 1.37 bits per heavy atom. The summed E-state index contributed by atoms with van der Waals surface area (Å²) in [5.41, 5.74) is -0.191. The summed E-state index contributed by atoms with van der Waals surface area (Å²) in [6.07, 6.45) is 3.12. The number of nitro benzene ring substituents is 1. The standard InChI is InChI=1S/C13H13ClN2O3/c1-3-8-15(9-4-2)13(17)10-6-5-7-11(12(10)14)16(18)19/h3-7H,1-2,8-9H2. The second-order valence-corrected chi connectivity index (χ2v) is 4.06. The van der Waals surface area contributed by atoms with Gasteiger partial charge in [-0.25, -0.2) is 0 Å². The number of benzene rings is 1. The lowest BCUT2D eigenvalue weighted by Crippen LogP contribution is -2.31. The summed E-state index contributed by atoms with van der Waals surface area (Å²) in [4.78, 5) is 23.8. The zero-order valence-electron chi connectivity index (χ0n) is 10.2. The topological polar surface area (TPSA) is 63.5 Å². The molecular formula is C13H13ClN2O3. The molecule has 0 saturated carbocycles. The van der Waals surface area contributed by atoms with Crippen LogP contribution in [0.25, 0.3) is 0 Å². The summed E-state index contributed by atoms with van der Waals surface area (Å²) >= 11 is 5.90. The molecule has 0 heterocycles. The van der Waals surface area contributed by atoms with Gasteiger partial charge < -0.3 is 4.90 Å². The highest BCUT2D eigenvalue weighted by Crippen LogP contribution is 2.28. The van der Waals surface area contributed by atoms with Crippen LogP contribution < -0.4 is 0 Å². The highest BCUT2D eigenvalue weighted by Gasteiger charge is 2.22. The summed E-state index contributed by atoms with van der Waals surface area (Å²) in [7, 11) is 0. The van der Waals surface area contributed by atoms with Gasteiger partial charge in [0, 0.05) is 19.2 Å². The first-order chi connectivity index (χ1) is 9.02. The predicted molar refractivity (Wildman–Crippen MR) is 74.4 cm³/mol. The predicted octanol–water partition coefficient (Wildman–Crippen LogP) is 3.06. The number of carbonyl (C=O) groups excluding carboxylic acids is 1. The molecule has 0 bridgehead atoms. The summed E-state index contributed by atoms with van der Waals surface area (Å²) < 4.78 is 0. The molecule has 1 amide bonds. The van der Waals surface area contributed by atoms with Gasteiger partial charge in [0.1, 0.15) is 5.02 Å². The maximum Gasteiger partial charge on any atom is 0.288 e. The van der Waals surface area contributed by atoms with Gasteiger partial charge in [-0.1, -0.05) is 29.8 Å². The van der Waals surface area contributed by atoms with E-state index in [1.165, 1.54) is 23.1 Å². The molecule has 0 unspecified atom stereocenters. The van der Waals surface area contributed by atoms with Crippen molar-refractivity contribution in [1.82, 2.24) is 4.90 Å². The Hall–Kier alpha value is -2.14. The van der Waals surface area contributed by atoms with Gasteiger partial charge >= 0.3 is 0 Å². The molecule has 1 rings (SSSR count). The van der Waals surface area contributed by atoms with E-state index in [1.807, 2.05) is 0 Å². The molecule has 0 spiro atoms. The lowest BCUT2D eigenvalue weighted by Gasteiger charge is -2.19. The molecule has 0 saturated heterocycles. The van der Waals surface area contributed by atoms with Crippen LogP contribution in [0.2, 0.25) is 5.02 Å². The SMILES string of the molecule is C=CCN(CC=C)C(=O)c1cccc([N+](=O)[O-])c1Cl. The lowest BCUT2D eigenvalue weighted by molar-refractivity contribution is -0.384. The van der Waals surface area contributed by atoms with E-state index in [1.54, 1.807) is 12.2 Å². The largest absolute Gasteiger partial charge is 0.331 e. The van der Waals surface area contributed by atoms with Crippen LogP contribution in [0.5, 0.6) is 0 Å². The van der Waals surface area contributed by atoms with Crippen LogP contribution in [-0.2, 0) is 0 Å². The zero-order chi connectivity index (χ0) is 14.4. The highest BCUT2D eigenvalue weighted by atomic mass is 35.5. The molecule has 0 aromatic heterocycles. The van der Waals surface area contributed by atoms with E-state index in [0.29, 0.717) is 13.1 Å². The van der Waals surface area contributed by atoms with E-state index in [9.17, 15) is 14.9 Å². The number of carbonyl (C=O) groups is 1. The number of halogens is 1. The van der Waals surface area contributed by atoms with Gasteiger partial charge in [-0.15, -0.1) is 13.2 Å². The molecule has 19 heavy (non-hydrogen) atoms. The molecule has 0 aliphatic rings. The van der Waals surface area contributed by atoms with Crippen LogP contribution in [-0.4, -0.2) is 28.8 Å². The van der Waals surface area contributed by atoms with Crippen LogP contribution in [0.3, 0.4) is 0 Å². The van der Waals surface area contributed by atoms with Gasteiger partial charge in [-0.05, 0) is 6.07 Å². The van der Waals surface area contributed by atoms with E-state index >= 15 is 0 Å². The summed E-state index contributed by atoms with van der Waals surface area (Å²) in [6.45, 7) is 7.73. The molecule has 0 fully saturated rings. The second kappa shape index (κ2) is 6.70. The van der Waals surface area contributed by atoms with Crippen LogP contribution in [0.4, 0.5) is 5.69 Å². The Labute approximate surface area is 115 Å². The molecule has 0 aliphatic carbocycles. The fraction of sp³-hybridized carbons (Fsp3) is 0.154. The van der Waals surface area contributed by atoms with E-state index in [0.717, 1.165) is 0 Å². The molecule has 0 N–H and O–H groups in total. The average Bonchev–Trinajstić information content (AvgIpc) is 2.37. The fourth-order valence-electron chi connectivity index (χ4n) is 1.55. The Bertz CT molecular complexity index is 519. The maximum atomic E-state index is 12.2. The maximum absolute atomic E-state index is 12.2. The number of nitrogens with zero attached hydrogens (tertiary/aromatic N) is 2. The first-order valence-corrected chi connectivity index (χ1v) is 5.84. The van der Waals surface area contributed by atoms with Crippen molar-refractivity contribution in [3.05, 3.63) is 64.2 Å². The molecule has 100 valence electrons. The summed E-state index contributed by atoms with van der Waals surface area (Å²) in [5, 5.41) is 10.6. The van der Waals surface area contributed by atoms with E-state index < -0.39 is 10.8 Å². The van der Waals surface area contributed by atoms with Crippen LogP contribution >= 0.6 is 11.6 Å². The first kappa shape index (κ1) is 14.9. The number of nitro groups is 1. The number of hydrogen-bond donors (Lipinski definition) is 0. The Kier molecular flexibility index (Phi) is 5.26.